The van der Waals surface area contributed by atoms with Crippen LogP contribution in [0.2, 0.25) is 0 Å². The van der Waals surface area contributed by atoms with Gasteiger partial charge in [0.25, 0.3) is 5.91 Å². The number of carbonyl (C=O) groups excluding carboxylic acids is 1. The number of hydrogen-bond donors (Lipinski definition) is 1. The smallest absolute Gasteiger partial charge is 0.267 e. The molecular weight excluding hydrogens is 424 g/mol. The largest absolute Gasteiger partial charge is 0.497 e. The minimum absolute atomic E-state index is 0.226. The van der Waals surface area contributed by atoms with Gasteiger partial charge in [0, 0.05) is 36.6 Å². The lowest BCUT2D eigenvalue weighted by molar-refractivity contribution is 0.103. The lowest BCUT2D eigenvalue weighted by Crippen LogP contribution is -2.32. The molecule has 0 radical (unpaired) electrons. The molecule has 3 heterocycles. The number of carbonyl (C=O) groups is 1. The van der Waals surface area contributed by atoms with Gasteiger partial charge in [0.2, 0.25) is 0 Å². The van der Waals surface area contributed by atoms with E-state index in [0.29, 0.717) is 27.0 Å². The first-order valence-electron chi connectivity index (χ1n) is 10.7. The predicted octanol–water partition coefficient (Wildman–Crippen LogP) is 5.45. The van der Waals surface area contributed by atoms with Gasteiger partial charge in [0.1, 0.15) is 21.3 Å². The van der Waals surface area contributed by atoms with Crippen molar-refractivity contribution in [2.75, 3.05) is 30.4 Å². The molecule has 1 N–H and O–H groups in total. The fraction of sp³-hybridized carbons (Fsp3) is 0.292. The first kappa shape index (κ1) is 20.5. The monoisotopic (exact) mass is 448 g/mol. The van der Waals surface area contributed by atoms with Crippen LogP contribution in [-0.4, -0.2) is 36.2 Å². The van der Waals surface area contributed by atoms with E-state index in [4.69, 9.17) is 9.26 Å². The number of hydrogen-bond acceptors (Lipinski definition) is 7. The molecule has 4 aromatic rings. The maximum absolute atomic E-state index is 12.7. The number of aromatic nitrogens is 2. The summed E-state index contributed by atoms with van der Waals surface area (Å²) in [6.07, 6.45) is 3.98. The Hall–Kier alpha value is -3.39. The van der Waals surface area contributed by atoms with Crippen molar-refractivity contribution in [3.63, 3.8) is 0 Å². The molecule has 1 fully saturated rings. The van der Waals surface area contributed by atoms with Gasteiger partial charge in [-0.2, -0.15) is 0 Å². The number of methoxy groups -OCH3 is 1. The summed E-state index contributed by atoms with van der Waals surface area (Å²) in [7, 11) is 1.59. The van der Waals surface area contributed by atoms with Crippen molar-refractivity contribution in [1.29, 1.82) is 0 Å². The van der Waals surface area contributed by atoms with Crippen molar-refractivity contribution in [3.05, 3.63) is 53.5 Å². The molecule has 1 amide bonds. The summed E-state index contributed by atoms with van der Waals surface area (Å²) in [5.74, 6) is 1.24. The Morgan fingerprint density at radius 3 is 2.88 bits per heavy atom. The Labute approximate surface area is 190 Å². The molecule has 7 nitrogen and oxygen atoms in total. The minimum atomic E-state index is -0.226. The van der Waals surface area contributed by atoms with Crippen LogP contribution in [-0.2, 0) is 0 Å². The summed E-state index contributed by atoms with van der Waals surface area (Å²) in [6, 6.07) is 13.4. The maximum Gasteiger partial charge on any atom is 0.267 e. The van der Waals surface area contributed by atoms with Gasteiger partial charge in [-0.1, -0.05) is 18.1 Å². The van der Waals surface area contributed by atoms with Crippen LogP contribution in [0.5, 0.6) is 5.75 Å². The SMILES string of the molecule is COc1cccc(NC(=O)c2cnc(-c3noc4cc(N5CCC(C)CC5)ccc34)s2)c1. The first-order chi connectivity index (χ1) is 15.6. The Kier molecular flexibility index (Phi) is 5.53. The molecule has 1 aliphatic heterocycles. The van der Waals surface area contributed by atoms with Crippen molar-refractivity contribution >= 4 is 39.6 Å². The number of ether oxygens (including phenoxy) is 1. The van der Waals surface area contributed by atoms with Crippen LogP contribution in [0.3, 0.4) is 0 Å². The second kappa shape index (κ2) is 8.63. The van der Waals surface area contributed by atoms with Crippen molar-refractivity contribution < 1.29 is 14.1 Å². The van der Waals surface area contributed by atoms with Crippen molar-refractivity contribution in [2.45, 2.75) is 19.8 Å². The molecule has 0 spiro atoms. The number of amides is 1. The second-order valence-electron chi connectivity index (χ2n) is 8.10. The van der Waals surface area contributed by atoms with Gasteiger partial charge in [-0.15, -0.1) is 11.3 Å². The molecule has 32 heavy (non-hydrogen) atoms. The number of anilines is 2. The Morgan fingerprint density at radius 2 is 2.06 bits per heavy atom. The average molecular weight is 449 g/mol. The van der Waals surface area contributed by atoms with Crippen LogP contribution in [0.15, 0.2) is 53.2 Å². The fourth-order valence-corrected chi connectivity index (χ4v) is 4.73. The van der Waals surface area contributed by atoms with E-state index in [-0.39, 0.29) is 5.91 Å². The van der Waals surface area contributed by atoms with Gasteiger partial charge in [-0.3, -0.25) is 4.79 Å². The molecular formula is C24H24N4O3S. The van der Waals surface area contributed by atoms with Gasteiger partial charge < -0.3 is 19.5 Å². The molecule has 8 heteroatoms. The summed E-state index contributed by atoms with van der Waals surface area (Å²) < 4.78 is 10.8. The van der Waals surface area contributed by atoms with Crippen LogP contribution in [0.25, 0.3) is 21.7 Å². The number of nitrogens with zero attached hydrogens (tertiary/aromatic N) is 3. The topological polar surface area (TPSA) is 80.5 Å². The van der Waals surface area contributed by atoms with Gasteiger partial charge in [0.05, 0.1) is 18.7 Å². The van der Waals surface area contributed by atoms with Crippen LogP contribution in [0.4, 0.5) is 11.4 Å². The predicted molar refractivity (Wildman–Crippen MR) is 127 cm³/mol. The lowest BCUT2D eigenvalue weighted by Gasteiger charge is -2.32. The molecule has 2 aromatic heterocycles. The zero-order valence-electron chi connectivity index (χ0n) is 18.0. The van der Waals surface area contributed by atoms with Crippen LogP contribution in [0, 0.1) is 5.92 Å². The third-order valence-electron chi connectivity index (χ3n) is 5.86. The highest BCUT2D eigenvalue weighted by atomic mass is 32.1. The van der Waals surface area contributed by atoms with E-state index in [2.05, 4.69) is 33.3 Å². The third kappa shape index (κ3) is 4.05. The molecule has 0 unspecified atom stereocenters. The highest BCUT2D eigenvalue weighted by Gasteiger charge is 2.20. The van der Waals surface area contributed by atoms with Crippen LogP contribution in [0.1, 0.15) is 29.4 Å². The van der Waals surface area contributed by atoms with Gasteiger partial charge in [-0.25, -0.2) is 4.98 Å². The molecule has 0 atom stereocenters. The van der Waals surface area contributed by atoms with Gasteiger partial charge >= 0.3 is 0 Å². The van der Waals surface area contributed by atoms with Crippen LogP contribution >= 0.6 is 11.3 Å². The third-order valence-corrected chi connectivity index (χ3v) is 6.87. The summed E-state index contributed by atoms with van der Waals surface area (Å²) >= 11 is 1.29. The highest BCUT2D eigenvalue weighted by molar-refractivity contribution is 7.17. The normalized spacial score (nSPS) is 14.6. The fourth-order valence-electron chi connectivity index (χ4n) is 3.93. The van der Waals surface area contributed by atoms with E-state index in [1.807, 2.05) is 30.3 Å². The van der Waals surface area contributed by atoms with E-state index in [1.165, 1.54) is 24.2 Å². The molecule has 2 aromatic carbocycles. The number of piperidine rings is 1. The second-order valence-corrected chi connectivity index (χ2v) is 9.13. The Morgan fingerprint density at radius 1 is 1.22 bits per heavy atom. The number of benzene rings is 2. The maximum atomic E-state index is 12.7. The molecule has 0 bridgehead atoms. The molecule has 1 aliphatic rings. The standard InChI is InChI=1S/C24H24N4O3S/c1-15-8-10-28(11-9-15)17-6-7-19-20(13-17)31-27-22(19)24-25-14-21(32-24)23(29)26-16-4-3-5-18(12-16)30-2/h3-7,12-15H,8-11H2,1-2H3,(H,26,29). The number of thiazole rings is 1. The van der Waals surface area contributed by atoms with E-state index < -0.39 is 0 Å². The average Bonchev–Trinajstić information content (AvgIpc) is 3.46. The van der Waals surface area contributed by atoms with E-state index in [9.17, 15) is 4.79 Å². The van der Waals surface area contributed by atoms with E-state index in [1.54, 1.807) is 19.4 Å². The minimum Gasteiger partial charge on any atom is -0.497 e. The summed E-state index contributed by atoms with van der Waals surface area (Å²) in [5, 5.41) is 8.68. The lowest BCUT2D eigenvalue weighted by atomic mass is 9.99. The first-order valence-corrected chi connectivity index (χ1v) is 11.5. The summed E-state index contributed by atoms with van der Waals surface area (Å²) in [4.78, 5) is 20.0. The molecule has 0 aliphatic carbocycles. The summed E-state index contributed by atoms with van der Waals surface area (Å²) in [6.45, 7) is 4.43. The van der Waals surface area contributed by atoms with E-state index in [0.717, 1.165) is 35.7 Å². The van der Waals surface area contributed by atoms with Crippen molar-refractivity contribution in [1.82, 2.24) is 10.1 Å². The van der Waals surface area contributed by atoms with Gasteiger partial charge in [0.15, 0.2) is 5.58 Å². The highest BCUT2D eigenvalue weighted by Crippen LogP contribution is 2.34. The zero-order valence-corrected chi connectivity index (χ0v) is 18.8. The molecule has 164 valence electrons. The zero-order chi connectivity index (χ0) is 22.1. The Bertz CT molecular complexity index is 1260. The molecule has 1 saturated heterocycles. The molecule has 5 rings (SSSR count). The van der Waals surface area contributed by atoms with Gasteiger partial charge in [-0.05, 0) is 43.0 Å². The number of nitrogens with one attached hydrogen (secondary N) is 1. The number of fused-ring (bicyclic) bond motifs is 1. The number of rotatable bonds is 5. The Balaban J connectivity index is 1.35. The molecule has 0 saturated carbocycles. The summed E-state index contributed by atoms with van der Waals surface area (Å²) in [5.41, 5.74) is 3.21. The quantitative estimate of drug-likeness (QED) is 0.437. The van der Waals surface area contributed by atoms with Crippen molar-refractivity contribution in [2.24, 2.45) is 5.92 Å². The van der Waals surface area contributed by atoms with Crippen LogP contribution < -0.4 is 15.0 Å². The van der Waals surface area contributed by atoms with E-state index >= 15 is 0 Å². The van der Waals surface area contributed by atoms with Crippen molar-refractivity contribution in [3.8, 4) is 16.5 Å².